The van der Waals surface area contributed by atoms with Crippen molar-refractivity contribution in [2.45, 2.75) is 13.8 Å². The molecule has 0 spiro atoms. The number of rotatable bonds is 0. The second-order valence-corrected chi connectivity index (χ2v) is 4.85. The van der Waals surface area contributed by atoms with Gasteiger partial charge in [0.2, 0.25) is 0 Å². The first-order chi connectivity index (χ1) is 5.18. The number of aryl methyl sites for hydroxylation is 2. The van der Waals surface area contributed by atoms with Gasteiger partial charge in [-0.2, -0.15) is 0 Å². The van der Waals surface area contributed by atoms with Gasteiger partial charge in [0.05, 0.1) is 15.4 Å². The molecule has 0 aliphatic carbocycles. The third-order valence-electron chi connectivity index (χ3n) is 1.58. The molecule has 58 valence electrons. The lowest BCUT2D eigenvalue weighted by Gasteiger charge is -1.85. The van der Waals surface area contributed by atoms with Crippen molar-refractivity contribution in [2.24, 2.45) is 0 Å². The molecule has 0 bridgehead atoms. The van der Waals surface area contributed by atoms with E-state index in [-0.39, 0.29) is 0 Å². The molecule has 2 N–H and O–H groups in total. The fraction of sp³-hybridized carbons (Fsp3) is 0.286. The van der Waals surface area contributed by atoms with Crippen LogP contribution < -0.4 is 5.73 Å². The zero-order valence-electron chi connectivity index (χ0n) is 6.34. The summed E-state index contributed by atoms with van der Waals surface area (Å²) in [5, 5.41) is 1.10. The fourth-order valence-corrected chi connectivity index (χ4v) is 3.10. The summed E-state index contributed by atoms with van der Waals surface area (Å²) in [5.41, 5.74) is 6.74. The maximum atomic E-state index is 5.83. The highest BCUT2D eigenvalue weighted by Gasteiger charge is 2.09. The molecule has 0 unspecified atom stereocenters. The first kappa shape index (κ1) is 7.06. The van der Waals surface area contributed by atoms with E-state index >= 15 is 0 Å². The van der Waals surface area contributed by atoms with Crippen LogP contribution in [0.4, 0.5) is 5.69 Å². The van der Waals surface area contributed by atoms with Gasteiger partial charge in [0.1, 0.15) is 4.83 Å². The normalized spacial score (nSPS) is 11.1. The number of thiophene rings is 1. The van der Waals surface area contributed by atoms with E-state index in [0.29, 0.717) is 0 Å². The summed E-state index contributed by atoms with van der Waals surface area (Å²) in [5.74, 6) is 0. The van der Waals surface area contributed by atoms with Crippen LogP contribution in [-0.4, -0.2) is 4.98 Å². The van der Waals surface area contributed by atoms with Crippen molar-refractivity contribution >= 4 is 37.9 Å². The van der Waals surface area contributed by atoms with E-state index in [4.69, 9.17) is 5.73 Å². The number of hydrogen-bond acceptors (Lipinski definition) is 4. The standard InChI is InChI=1S/C7H8N2S2/c1-3-5(8)6-7(10-3)9-4(2)11-6/h8H2,1-2H3. The molecule has 0 radical (unpaired) electrons. The molecule has 2 aromatic rings. The van der Waals surface area contributed by atoms with Gasteiger partial charge in [0, 0.05) is 4.88 Å². The van der Waals surface area contributed by atoms with E-state index < -0.39 is 0 Å². The van der Waals surface area contributed by atoms with Crippen LogP contribution >= 0.6 is 22.7 Å². The topological polar surface area (TPSA) is 38.9 Å². The van der Waals surface area contributed by atoms with Crippen LogP contribution in [0, 0.1) is 13.8 Å². The third-order valence-corrected chi connectivity index (χ3v) is 3.72. The van der Waals surface area contributed by atoms with E-state index in [2.05, 4.69) is 4.98 Å². The molecule has 2 rings (SSSR count). The largest absolute Gasteiger partial charge is 0.397 e. The molecule has 2 aromatic heterocycles. The second-order valence-electron chi connectivity index (χ2n) is 2.44. The molecule has 0 aromatic carbocycles. The Morgan fingerprint density at radius 3 is 2.64 bits per heavy atom. The van der Waals surface area contributed by atoms with Gasteiger partial charge in [-0.3, -0.25) is 0 Å². The Hall–Kier alpha value is -0.610. The van der Waals surface area contributed by atoms with Gasteiger partial charge in [-0.25, -0.2) is 4.98 Å². The summed E-state index contributed by atoms with van der Waals surface area (Å²) < 4.78 is 1.16. The van der Waals surface area contributed by atoms with E-state index in [1.54, 1.807) is 22.7 Å². The average molecular weight is 184 g/mol. The summed E-state index contributed by atoms with van der Waals surface area (Å²) >= 11 is 3.35. The van der Waals surface area contributed by atoms with Crippen molar-refractivity contribution in [3.05, 3.63) is 9.88 Å². The molecule has 0 aliphatic rings. The van der Waals surface area contributed by atoms with Gasteiger partial charge in [-0.1, -0.05) is 0 Å². The number of nitrogens with zero attached hydrogens (tertiary/aromatic N) is 1. The summed E-state index contributed by atoms with van der Waals surface area (Å²) in [6.07, 6.45) is 0. The maximum absolute atomic E-state index is 5.83. The van der Waals surface area contributed by atoms with Crippen molar-refractivity contribution in [2.75, 3.05) is 5.73 Å². The second kappa shape index (κ2) is 2.19. The zero-order valence-corrected chi connectivity index (χ0v) is 7.97. The van der Waals surface area contributed by atoms with Crippen molar-refractivity contribution < 1.29 is 0 Å². The molecular formula is C7H8N2S2. The van der Waals surface area contributed by atoms with E-state index in [1.165, 1.54) is 4.88 Å². The first-order valence-electron chi connectivity index (χ1n) is 3.30. The number of hydrogen-bond donors (Lipinski definition) is 1. The van der Waals surface area contributed by atoms with Crippen LogP contribution in [0.15, 0.2) is 0 Å². The number of nitrogens with two attached hydrogens (primary N) is 1. The smallest absolute Gasteiger partial charge is 0.137 e. The number of aromatic nitrogens is 1. The van der Waals surface area contributed by atoms with Crippen molar-refractivity contribution in [3.8, 4) is 0 Å². The molecule has 11 heavy (non-hydrogen) atoms. The van der Waals surface area contributed by atoms with Gasteiger partial charge in [0.15, 0.2) is 0 Å². The Morgan fingerprint density at radius 1 is 1.27 bits per heavy atom. The van der Waals surface area contributed by atoms with E-state index in [0.717, 1.165) is 20.2 Å². The van der Waals surface area contributed by atoms with Gasteiger partial charge in [0.25, 0.3) is 0 Å². The lowest BCUT2D eigenvalue weighted by atomic mass is 10.4. The lowest BCUT2D eigenvalue weighted by molar-refractivity contribution is 1.36. The van der Waals surface area contributed by atoms with Crippen LogP contribution in [0.1, 0.15) is 9.88 Å². The molecule has 0 saturated carbocycles. The Labute approximate surface area is 72.7 Å². The fourth-order valence-electron chi connectivity index (χ4n) is 1.01. The van der Waals surface area contributed by atoms with Crippen LogP contribution in [0.2, 0.25) is 0 Å². The SMILES string of the molecule is Cc1nc2sc(C)c(N)c2s1. The highest BCUT2D eigenvalue weighted by atomic mass is 32.1. The number of fused-ring (bicyclic) bond motifs is 1. The summed E-state index contributed by atoms with van der Waals surface area (Å²) in [7, 11) is 0. The Bertz CT molecular complexity index is 400. The molecule has 2 nitrogen and oxygen atoms in total. The van der Waals surface area contributed by atoms with E-state index in [9.17, 15) is 0 Å². The Kier molecular flexibility index (Phi) is 1.40. The lowest BCUT2D eigenvalue weighted by Crippen LogP contribution is -1.81. The van der Waals surface area contributed by atoms with E-state index in [1.807, 2.05) is 13.8 Å². The average Bonchev–Trinajstić information content (AvgIpc) is 2.37. The summed E-state index contributed by atoms with van der Waals surface area (Å²) in [4.78, 5) is 6.62. The minimum atomic E-state index is 0.913. The van der Waals surface area contributed by atoms with Crippen LogP contribution in [0.25, 0.3) is 9.53 Å². The molecule has 0 atom stereocenters. The third kappa shape index (κ3) is 0.937. The molecule has 2 heterocycles. The van der Waals surface area contributed by atoms with Crippen molar-refractivity contribution in [1.82, 2.24) is 4.98 Å². The molecule has 0 fully saturated rings. The predicted octanol–water partition coefficient (Wildman–Crippen LogP) is 2.56. The van der Waals surface area contributed by atoms with Crippen molar-refractivity contribution in [1.29, 1.82) is 0 Å². The zero-order chi connectivity index (χ0) is 8.01. The maximum Gasteiger partial charge on any atom is 0.137 e. The van der Waals surface area contributed by atoms with Crippen LogP contribution in [-0.2, 0) is 0 Å². The highest BCUT2D eigenvalue weighted by molar-refractivity contribution is 7.28. The number of nitrogen functional groups attached to an aromatic ring is 1. The first-order valence-corrected chi connectivity index (χ1v) is 4.94. The quantitative estimate of drug-likeness (QED) is 0.683. The number of thiazole rings is 1. The minimum Gasteiger partial charge on any atom is -0.397 e. The molecule has 0 saturated heterocycles. The van der Waals surface area contributed by atoms with Crippen molar-refractivity contribution in [3.63, 3.8) is 0 Å². The van der Waals surface area contributed by atoms with Gasteiger partial charge in [-0.15, -0.1) is 22.7 Å². The Morgan fingerprint density at radius 2 is 2.00 bits per heavy atom. The van der Waals surface area contributed by atoms with Crippen LogP contribution in [0.3, 0.4) is 0 Å². The summed E-state index contributed by atoms with van der Waals surface area (Å²) in [6.45, 7) is 4.04. The van der Waals surface area contributed by atoms with Gasteiger partial charge >= 0.3 is 0 Å². The van der Waals surface area contributed by atoms with Gasteiger partial charge < -0.3 is 5.73 Å². The monoisotopic (exact) mass is 184 g/mol. The Balaban J connectivity index is 2.88. The number of anilines is 1. The molecule has 4 heteroatoms. The minimum absolute atomic E-state index is 0.913. The molecule has 0 aliphatic heterocycles. The predicted molar refractivity (Wildman–Crippen MR) is 51.4 cm³/mol. The highest BCUT2D eigenvalue weighted by Crippen LogP contribution is 2.36. The summed E-state index contributed by atoms with van der Waals surface area (Å²) in [6, 6.07) is 0. The molecule has 0 amide bonds. The van der Waals surface area contributed by atoms with Gasteiger partial charge in [-0.05, 0) is 13.8 Å². The van der Waals surface area contributed by atoms with Crippen LogP contribution in [0.5, 0.6) is 0 Å². The molecular weight excluding hydrogens is 176 g/mol.